The minimum Gasteiger partial charge on any atom is -0.468 e. The van der Waals surface area contributed by atoms with E-state index < -0.39 is 0 Å². The summed E-state index contributed by atoms with van der Waals surface area (Å²) < 4.78 is 4.72. The molecule has 1 fully saturated rings. The molecule has 1 unspecified atom stereocenters. The molecule has 1 heterocycles. The summed E-state index contributed by atoms with van der Waals surface area (Å²) in [5, 5.41) is 3.34. The van der Waals surface area contributed by atoms with E-state index in [0.717, 1.165) is 25.9 Å². The third kappa shape index (κ3) is 4.28. The van der Waals surface area contributed by atoms with Crippen molar-refractivity contribution in [3.63, 3.8) is 0 Å². The van der Waals surface area contributed by atoms with Crippen LogP contribution in [-0.4, -0.2) is 48.7 Å². The van der Waals surface area contributed by atoms with Gasteiger partial charge in [-0.2, -0.15) is 0 Å². The van der Waals surface area contributed by atoms with Crippen LogP contribution < -0.4 is 5.32 Å². The Balaban J connectivity index is 2.35. The Hall–Kier alpha value is -0.610. The number of likely N-dealkylation sites (tertiary alicyclic amines) is 1. The minimum absolute atomic E-state index is 0.178. The van der Waals surface area contributed by atoms with Crippen LogP contribution in [0.2, 0.25) is 0 Å². The van der Waals surface area contributed by atoms with Crippen molar-refractivity contribution in [2.75, 3.05) is 20.2 Å². The van der Waals surface area contributed by atoms with Gasteiger partial charge >= 0.3 is 5.97 Å². The van der Waals surface area contributed by atoms with Crippen LogP contribution in [-0.2, 0) is 9.53 Å². The van der Waals surface area contributed by atoms with Crippen molar-refractivity contribution in [3.8, 4) is 0 Å². The number of rotatable bonds is 3. The molecule has 1 N–H and O–H groups in total. The molecule has 1 atom stereocenters. The summed E-state index contributed by atoms with van der Waals surface area (Å²) in [6.07, 6.45) is 2.19. The monoisotopic (exact) mass is 242 g/mol. The molecule has 1 rings (SSSR count). The van der Waals surface area contributed by atoms with Crippen LogP contribution >= 0.6 is 0 Å². The van der Waals surface area contributed by atoms with Crippen molar-refractivity contribution in [1.82, 2.24) is 10.2 Å². The molecule has 4 nitrogen and oxygen atoms in total. The van der Waals surface area contributed by atoms with E-state index >= 15 is 0 Å². The molecule has 0 bridgehead atoms. The first-order valence-electron chi connectivity index (χ1n) is 6.43. The second-order valence-electron chi connectivity index (χ2n) is 5.84. The Morgan fingerprint density at radius 1 is 1.35 bits per heavy atom. The number of carbonyl (C=O) groups is 1. The van der Waals surface area contributed by atoms with Crippen molar-refractivity contribution in [2.45, 2.75) is 58.2 Å². The highest BCUT2D eigenvalue weighted by molar-refractivity contribution is 5.75. The molecule has 100 valence electrons. The fourth-order valence-corrected chi connectivity index (χ4v) is 2.32. The van der Waals surface area contributed by atoms with Gasteiger partial charge in [0.2, 0.25) is 0 Å². The second kappa shape index (κ2) is 5.83. The Kier molecular flexibility index (Phi) is 4.95. The molecule has 0 amide bonds. The first-order valence-corrected chi connectivity index (χ1v) is 6.43. The standard InChI is InChI=1S/C13H26N2O2/c1-10(12(16)17-5)14-11-6-8-15(9-7-11)13(2,3)4/h10-11,14H,6-9H2,1-5H3. The van der Waals surface area contributed by atoms with E-state index in [1.54, 1.807) is 0 Å². The SMILES string of the molecule is COC(=O)C(C)NC1CCN(C(C)(C)C)CC1. The third-order valence-electron chi connectivity index (χ3n) is 3.48. The van der Waals surface area contributed by atoms with Gasteiger partial charge in [0, 0.05) is 24.7 Å². The Morgan fingerprint density at radius 2 is 1.88 bits per heavy atom. The molecule has 0 aromatic heterocycles. The van der Waals surface area contributed by atoms with Gasteiger partial charge in [0.15, 0.2) is 0 Å². The number of ether oxygens (including phenoxy) is 1. The lowest BCUT2D eigenvalue weighted by Gasteiger charge is -2.41. The molecule has 1 saturated heterocycles. The van der Waals surface area contributed by atoms with Crippen molar-refractivity contribution in [1.29, 1.82) is 0 Å². The van der Waals surface area contributed by atoms with E-state index in [0.29, 0.717) is 6.04 Å². The molecule has 0 aliphatic carbocycles. The predicted octanol–water partition coefficient (Wildman–Crippen LogP) is 1.40. The molecule has 1 aliphatic rings. The van der Waals surface area contributed by atoms with Crippen molar-refractivity contribution in [3.05, 3.63) is 0 Å². The fourth-order valence-electron chi connectivity index (χ4n) is 2.32. The lowest BCUT2D eigenvalue weighted by molar-refractivity contribution is -0.143. The van der Waals surface area contributed by atoms with Gasteiger partial charge in [-0.1, -0.05) is 0 Å². The van der Waals surface area contributed by atoms with Crippen LogP contribution in [0.5, 0.6) is 0 Å². The maximum atomic E-state index is 11.3. The zero-order chi connectivity index (χ0) is 13.1. The predicted molar refractivity (Wildman–Crippen MR) is 69.0 cm³/mol. The molecule has 17 heavy (non-hydrogen) atoms. The smallest absolute Gasteiger partial charge is 0.322 e. The quantitative estimate of drug-likeness (QED) is 0.760. The summed E-state index contributed by atoms with van der Waals surface area (Å²) >= 11 is 0. The molecular formula is C13H26N2O2. The van der Waals surface area contributed by atoms with Crippen molar-refractivity contribution >= 4 is 5.97 Å². The van der Waals surface area contributed by atoms with Crippen LogP contribution in [0.15, 0.2) is 0 Å². The molecular weight excluding hydrogens is 216 g/mol. The van der Waals surface area contributed by atoms with Gasteiger partial charge in [0.25, 0.3) is 0 Å². The van der Waals surface area contributed by atoms with Gasteiger partial charge in [-0.3, -0.25) is 9.69 Å². The highest BCUT2D eigenvalue weighted by Gasteiger charge is 2.28. The number of carbonyl (C=O) groups excluding carboxylic acids is 1. The topological polar surface area (TPSA) is 41.6 Å². The molecule has 0 aromatic carbocycles. The summed E-state index contributed by atoms with van der Waals surface area (Å²) in [7, 11) is 1.43. The van der Waals surface area contributed by atoms with Crippen LogP contribution in [0, 0.1) is 0 Å². The molecule has 0 radical (unpaired) electrons. The number of esters is 1. The Bertz CT molecular complexity index is 253. The van der Waals surface area contributed by atoms with Gasteiger partial charge in [0.1, 0.15) is 6.04 Å². The van der Waals surface area contributed by atoms with Gasteiger partial charge in [0.05, 0.1) is 7.11 Å². The van der Waals surface area contributed by atoms with E-state index in [-0.39, 0.29) is 17.6 Å². The largest absolute Gasteiger partial charge is 0.468 e. The molecule has 0 spiro atoms. The highest BCUT2D eigenvalue weighted by atomic mass is 16.5. The zero-order valence-electron chi connectivity index (χ0n) is 11.7. The average Bonchev–Trinajstić information content (AvgIpc) is 2.27. The third-order valence-corrected chi connectivity index (χ3v) is 3.48. The first kappa shape index (κ1) is 14.5. The van der Waals surface area contributed by atoms with Crippen LogP contribution in [0.25, 0.3) is 0 Å². The summed E-state index contributed by atoms with van der Waals surface area (Å²) in [5.41, 5.74) is 0.249. The number of hydrogen-bond donors (Lipinski definition) is 1. The molecule has 0 aromatic rings. The van der Waals surface area contributed by atoms with E-state index in [4.69, 9.17) is 4.74 Å². The van der Waals surface area contributed by atoms with Gasteiger partial charge in [-0.05, 0) is 40.5 Å². The van der Waals surface area contributed by atoms with Crippen LogP contribution in [0.3, 0.4) is 0 Å². The number of methoxy groups -OCH3 is 1. The Morgan fingerprint density at radius 3 is 2.29 bits per heavy atom. The van der Waals surface area contributed by atoms with E-state index in [1.807, 2.05) is 6.92 Å². The number of nitrogens with zero attached hydrogens (tertiary/aromatic N) is 1. The van der Waals surface area contributed by atoms with E-state index in [2.05, 4.69) is 31.0 Å². The average molecular weight is 242 g/mol. The minimum atomic E-state index is -0.203. The lowest BCUT2D eigenvalue weighted by atomic mass is 9.97. The maximum absolute atomic E-state index is 11.3. The molecule has 1 aliphatic heterocycles. The lowest BCUT2D eigenvalue weighted by Crippen LogP contribution is -2.52. The number of piperidine rings is 1. The Labute approximate surface area is 105 Å². The van der Waals surface area contributed by atoms with E-state index in [9.17, 15) is 4.79 Å². The van der Waals surface area contributed by atoms with Crippen LogP contribution in [0.1, 0.15) is 40.5 Å². The van der Waals surface area contributed by atoms with Gasteiger partial charge in [-0.25, -0.2) is 0 Å². The molecule has 4 heteroatoms. The first-order chi connectivity index (χ1) is 7.84. The van der Waals surface area contributed by atoms with Gasteiger partial charge in [-0.15, -0.1) is 0 Å². The molecule has 0 saturated carbocycles. The van der Waals surface area contributed by atoms with E-state index in [1.165, 1.54) is 7.11 Å². The number of nitrogens with one attached hydrogen (secondary N) is 1. The van der Waals surface area contributed by atoms with Crippen molar-refractivity contribution < 1.29 is 9.53 Å². The van der Waals surface area contributed by atoms with Crippen LogP contribution in [0.4, 0.5) is 0 Å². The summed E-state index contributed by atoms with van der Waals surface area (Å²) in [4.78, 5) is 13.8. The number of hydrogen-bond acceptors (Lipinski definition) is 4. The second-order valence-corrected chi connectivity index (χ2v) is 5.84. The highest BCUT2D eigenvalue weighted by Crippen LogP contribution is 2.20. The van der Waals surface area contributed by atoms with Gasteiger partial charge < -0.3 is 10.1 Å². The summed E-state index contributed by atoms with van der Waals surface area (Å²) in [6.45, 7) is 10.8. The van der Waals surface area contributed by atoms with Crippen molar-refractivity contribution in [2.24, 2.45) is 0 Å². The summed E-state index contributed by atoms with van der Waals surface area (Å²) in [6, 6.07) is 0.230. The summed E-state index contributed by atoms with van der Waals surface area (Å²) in [5.74, 6) is -0.178. The zero-order valence-corrected chi connectivity index (χ0v) is 11.7. The maximum Gasteiger partial charge on any atom is 0.322 e. The normalized spacial score (nSPS) is 21.2. The fraction of sp³-hybridized carbons (Fsp3) is 0.923.